The number of aliphatic carboxylic acids is 1. The Kier molecular flexibility index (Phi) is 2.72. The summed E-state index contributed by atoms with van der Waals surface area (Å²) in [4.78, 5) is 19.6. The van der Waals surface area contributed by atoms with Crippen LogP contribution in [0.2, 0.25) is 0 Å². The Labute approximate surface area is 109 Å². The highest BCUT2D eigenvalue weighted by Gasteiger charge is 2.16. The number of pyridine rings is 2. The van der Waals surface area contributed by atoms with E-state index >= 15 is 0 Å². The number of hydrogen-bond acceptors (Lipinski definition) is 3. The van der Waals surface area contributed by atoms with Crippen LogP contribution in [0.15, 0.2) is 48.9 Å². The minimum atomic E-state index is -0.879. The summed E-state index contributed by atoms with van der Waals surface area (Å²) in [5.74, 6) is -0.879. The van der Waals surface area contributed by atoms with Crippen molar-refractivity contribution < 1.29 is 9.90 Å². The lowest BCUT2D eigenvalue weighted by Crippen LogP contribution is -2.04. The van der Waals surface area contributed by atoms with Crippen LogP contribution in [-0.4, -0.2) is 25.4 Å². The third-order valence-electron chi connectivity index (χ3n) is 2.88. The van der Waals surface area contributed by atoms with Gasteiger partial charge in [0.05, 0.1) is 17.8 Å². The van der Waals surface area contributed by atoms with Crippen molar-refractivity contribution in [1.82, 2.24) is 14.4 Å². The van der Waals surface area contributed by atoms with Gasteiger partial charge in [-0.25, -0.2) is 4.98 Å². The molecule has 0 radical (unpaired) electrons. The average molecular weight is 253 g/mol. The third-order valence-corrected chi connectivity index (χ3v) is 2.88. The fraction of sp³-hybridized carbons (Fsp3) is 0.0714. The second kappa shape index (κ2) is 4.53. The van der Waals surface area contributed by atoms with Crippen molar-refractivity contribution in [3.05, 3.63) is 54.6 Å². The van der Waals surface area contributed by atoms with E-state index in [1.807, 2.05) is 36.5 Å². The van der Waals surface area contributed by atoms with Gasteiger partial charge in [-0.3, -0.25) is 9.78 Å². The predicted octanol–water partition coefficient (Wildman–Crippen LogP) is 2.02. The smallest absolute Gasteiger partial charge is 0.309 e. The van der Waals surface area contributed by atoms with Crippen molar-refractivity contribution in [2.75, 3.05) is 0 Å². The van der Waals surface area contributed by atoms with Crippen LogP contribution in [0.25, 0.3) is 16.9 Å². The second-order valence-corrected chi connectivity index (χ2v) is 4.15. The molecule has 0 saturated heterocycles. The molecule has 0 atom stereocenters. The van der Waals surface area contributed by atoms with Crippen molar-refractivity contribution in [3.63, 3.8) is 0 Å². The molecule has 0 fully saturated rings. The first-order valence-electron chi connectivity index (χ1n) is 5.84. The summed E-state index contributed by atoms with van der Waals surface area (Å²) in [6.07, 6.45) is 5.11. The van der Waals surface area contributed by atoms with Gasteiger partial charge in [0, 0.05) is 24.2 Å². The molecule has 3 heterocycles. The SMILES string of the molecule is O=C(O)Cc1c(-c2cccnc2)nc2ccccn12. The highest BCUT2D eigenvalue weighted by molar-refractivity contribution is 5.75. The van der Waals surface area contributed by atoms with Gasteiger partial charge >= 0.3 is 5.97 Å². The normalized spacial score (nSPS) is 10.7. The lowest BCUT2D eigenvalue weighted by molar-refractivity contribution is -0.136. The number of carboxylic acid groups (broad SMARTS) is 1. The summed E-state index contributed by atoms with van der Waals surface area (Å²) in [5, 5.41) is 9.06. The minimum Gasteiger partial charge on any atom is -0.481 e. The van der Waals surface area contributed by atoms with Crippen LogP contribution >= 0.6 is 0 Å². The molecule has 0 spiro atoms. The second-order valence-electron chi connectivity index (χ2n) is 4.15. The summed E-state index contributed by atoms with van der Waals surface area (Å²) in [6.45, 7) is 0. The Morgan fingerprint density at radius 1 is 1.26 bits per heavy atom. The highest BCUT2D eigenvalue weighted by atomic mass is 16.4. The Morgan fingerprint density at radius 3 is 2.89 bits per heavy atom. The van der Waals surface area contributed by atoms with Crippen LogP contribution in [0.5, 0.6) is 0 Å². The maximum absolute atomic E-state index is 11.0. The van der Waals surface area contributed by atoms with Gasteiger partial charge in [0.15, 0.2) is 0 Å². The Morgan fingerprint density at radius 2 is 2.16 bits per heavy atom. The molecule has 0 aromatic carbocycles. The summed E-state index contributed by atoms with van der Waals surface area (Å²) < 4.78 is 1.80. The largest absolute Gasteiger partial charge is 0.481 e. The van der Waals surface area contributed by atoms with Crippen LogP contribution in [0.3, 0.4) is 0 Å². The van der Waals surface area contributed by atoms with Gasteiger partial charge in [-0.2, -0.15) is 0 Å². The highest BCUT2D eigenvalue weighted by Crippen LogP contribution is 2.24. The predicted molar refractivity (Wildman–Crippen MR) is 69.8 cm³/mol. The van der Waals surface area contributed by atoms with E-state index < -0.39 is 5.97 Å². The number of nitrogens with zero attached hydrogens (tertiary/aromatic N) is 3. The molecule has 3 aromatic rings. The van der Waals surface area contributed by atoms with Gasteiger partial charge in [0.2, 0.25) is 0 Å². The molecular weight excluding hydrogens is 242 g/mol. The average Bonchev–Trinajstić information content (AvgIpc) is 2.78. The molecule has 0 aliphatic heterocycles. The van der Waals surface area contributed by atoms with Crippen LogP contribution in [0.1, 0.15) is 5.69 Å². The molecule has 3 aromatic heterocycles. The summed E-state index contributed by atoms with van der Waals surface area (Å²) in [7, 11) is 0. The van der Waals surface area contributed by atoms with Crippen LogP contribution in [-0.2, 0) is 11.2 Å². The Balaban J connectivity index is 2.26. The van der Waals surface area contributed by atoms with E-state index in [0.29, 0.717) is 11.4 Å². The van der Waals surface area contributed by atoms with Crippen LogP contribution in [0, 0.1) is 0 Å². The maximum atomic E-state index is 11.0. The van der Waals surface area contributed by atoms with E-state index in [1.165, 1.54) is 0 Å². The molecule has 0 aliphatic rings. The summed E-state index contributed by atoms with van der Waals surface area (Å²) in [6, 6.07) is 9.27. The van der Waals surface area contributed by atoms with Crippen LogP contribution in [0.4, 0.5) is 0 Å². The molecule has 0 amide bonds. The molecule has 5 heteroatoms. The zero-order valence-corrected chi connectivity index (χ0v) is 10.0. The van der Waals surface area contributed by atoms with Crippen molar-refractivity contribution in [3.8, 4) is 11.3 Å². The molecule has 19 heavy (non-hydrogen) atoms. The topological polar surface area (TPSA) is 67.5 Å². The summed E-state index contributed by atoms with van der Waals surface area (Å²) >= 11 is 0. The van der Waals surface area contributed by atoms with Crippen molar-refractivity contribution in [1.29, 1.82) is 0 Å². The van der Waals surface area contributed by atoms with E-state index in [4.69, 9.17) is 5.11 Å². The molecule has 0 bridgehead atoms. The number of aromatic nitrogens is 3. The number of carboxylic acids is 1. The molecule has 0 saturated carbocycles. The van der Waals surface area contributed by atoms with E-state index in [0.717, 1.165) is 11.2 Å². The van der Waals surface area contributed by atoms with Crippen molar-refractivity contribution in [2.24, 2.45) is 0 Å². The lowest BCUT2D eigenvalue weighted by atomic mass is 10.1. The van der Waals surface area contributed by atoms with E-state index in [1.54, 1.807) is 16.8 Å². The monoisotopic (exact) mass is 253 g/mol. The Hall–Kier alpha value is -2.69. The third kappa shape index (κ3) is 2.06. The number of rotatable bonds is 3. The first-order valence-corrected chi connectivity index (χ1v) is 5.84. The van der Waals surface area contributed by atoms with Gasteiger partial charge in [0.1, 0.15) is 5.65 Å². The van der Waals surface area contributed by atoms with Crippen LogP contribution < -0.4 is 0 Å². The standard InChI is InChI=1S/C14H11N3O2/c18-13(19)8-11-14(10-4-3-6-15-9-10)16-12-5-1-2-7-17(11)12/h1-7,9H,8H2,(H,18,19). The van der Waals surface area contributed by atoms with Gasteiger partial charge < -0.3 is 9.51 Å². The molecule has 94 valence electrons. The molecule has 3 rings (SSSR count). The maximum Gasteiger partial charge on any atom is 0.309 e. The summed E-state index contributed by atoms with van der Waals surface area (Å²) in [5.41, 5.74) is 2.89. The molecule has 5 nitrogen and oxygen atoms in total. The number of carbonyl (C=O) groups is 1. The fourth-order valence-electron chi connectivity index (χ4n) is 2.09. The first kappa shape index (κ1) is 11.4. The zero-order chi connectivity index (χ0) is 13.2. The molecular formula is C14H11N3O2. The van der Waals surface area contributed by atoms with Gasteiger partial charge in [0.25, 0.3) is 0 Å². The van der Waals surface area contributed by atoms with Gasteiger partial charge in [-0.05, 0) is 24.3 Å². The van der Waals surface area contributed by atoms with Gasteiger partial charge in [-0.15, -0.1) is 0 Å². The number of hydrogen-bond donors (Lipinski definition) is 1. The van der Waals surface area contributed by atoms with Crippen molar-refractivity contribution in [2.45, 2.75) is 6.42 Å². The molecule has 0 unspecified atom stereocenters. The molecule has 0 aliphatic carbocycles. The molecule has 1 N–H and O–H groups in total. The Bertz CT molecular complexity index is 735. The van der Waals surface area contributed by atoms with E-state index in [2.05, 4.69) is 9.97 Å². The number of imidazole rings is 1. The number of fused-ring (bicyclic) bond motifs is 1. The lowest BCUT2D eigenvalue weighted by Gasteiger charge is -2.01. The minimum absolute atomic E-state index is 0.0740. The first-order chi connectivity index (χ1) is 9.25. The van der Waals surface area contributed by atoms with Crippen molar-refractivity contribution >= 4 is 11.6 Å². The zero-order valence-electron chi connectivity index (χ0n) is 10.0. The van der Waals surface area contributed by atoms with E-state index in [9.17, 15) is 4.79 Å². The van der Waals surface area contributed by atoms with Gasteiger partial charge in [-0.1, -0.05) is 6.07 Å². The van der Waals surface area contributed by atoms with E-state index in [-0.39, 0.29) is 6.42 Å². The quantitative estimate of drug-likeness (QED) is 0.775. The fourth-order valence-corrected chi connectivity index (χ4v) is 2.09.